The van der Waals surface area contributed by atoms with Crippen LogP contribution in [0.2, 0.25) is 0 Å². The van der Waals surface area contributed by atoms with Crippen LogP contribution in [0.3, 0.4) is 0 Å². The highest BCUT2D eigenvalue weighted by Gasteiger charge is 2.33. The Morgan fingerprint density at radius 1 is 0.825 bits per heavy atom. The van der Waals surface area contributed by atoms with E-state index in [0.717, 1.165) is 54.0 Å². The predicted molar refractivity (Wildman–Crippen MR) is 174 cm³/mol. The van der Waals surface area contributed by atoms with Crippen LogP contribution in [-0.4, -0.2) is 9.55 Å². The number of aromatic nitrogens is 2. The number of rotatable bonds is 3. The minimum absolute atomic E-state index is 0.929. The number of allylic oxidation sites excluding steroid dienone is 10. The molecule has 1 aliphatic heterocycles. The molecular formula is C36H26IN3. The van der Waals surface area contributed by atoms with Crippen molar-refractivity contribution in [1.29, 1.82) is 0 Å². The standard InChI is InChI=1S/C36H26IN3/c37-26-11-8-10-25(22-26)31-16-9-19-35(38-31)40-32-17-6-4-14-28(32)24-20-21-30-29-15-5-7-18-33(29)39(36(30)34(40)23-24)27-12-2-1-3-13-27/h2,4-5,7-16,18-22H,1,3,6,17H2. The summed E-state index contributed by atoms with van der Waals surface area (Å²) in [4.78, 5) is 7.66. The summed E-state index contributed by atoms with van der Waals surface area (Å²) in [6, 6.07) is 23.7. The third-order valence-electron chi connectivity index (χ3n) is 8.05. The average molecular weight is 628 g/mol. The van der Waals surface area contributed by atoms with Crippen molar-refractivity contribution in [2.24, 2.45) is 0 Å². The molecule has 0 atom stereocenters. The number of hydrogen-bond acceptors (Lipinski definition) is 2. The lowest BCUT2D eigenvalue weighted by molar-refractivity contribution is 0.887. The molecule has 4 aliphatic rings. The fraction of sp³-hybridized carbons (Fsp3) is 0.111. The zero-order chi connectivity index (χ0) is 26.6. The van der Waals surface area contributed by atoms with E-state index in [9.17, 15) is 0 Å². The van der Waals surface area contributed by atoms with Crippen LogP contribution in [0.15, 0.2) is 126 Å². The van der Waals surface area contributed by atoms with Crippen LogP contribution in [0.4, 0.5) is 5.82 Å². The molecule has 3 aliphatic carbocycles. The maximum absolute atomic E-state index is 5.28. The van der Waals surface area contributed by atoms with Gasteiger partial charge in [-0.2, -0.15) is 0 Å². The number of nitrogens with zero attached hydrogens (tertiary/aromatic N) is 3. The number of pyridine rings is 1. The van der Waals surface area contributed by atoms with Gasteiger partial charge in [-0.1, -0.05) is 72.5 Å². The minimum atomic E-state index is 0.929. The second-order valence-corrected chi connectivity index (χ2v) is 11.7. The van der Waals surface area contributed by atoms with Crippen LogP contribution in [0.25, 0.3) is 39.6 Å². The largest absolute Gasteiger partial charge is 0.307 e. The topological polar surface area (TPSA) is 21.1 Å². The van der Waals surface area contributed by atoms with Gasteiger partial charge in [-0.05, 0) is 90.8 Å². The van der Waals surface area contributed by atoms with Crippen molar-refractivity contribution in [3.8, 4) is 11.3 Å². The minimum Gasteiger partial charge on any atom is -0.307 e. The van der Waals surface area contributed by atoms with Gasteiger partial charge in [-0.15, -0.1) is 0 Å². The lowest BCUT2D eigenvalue weighted by Crippen LogP contribution is -2.27. The Kier molecular flexibility index (Phi) is 5.65. The first-order valence-electron chi connectivity index (χ1n) is 13.9. The molecule has 0 fully saturated rings. The summed E-state index contributed by atoms with van der Waals surface area (Å²) in [5.74, 6) is 0.929. The molecule has 2 bridgehead atoms. The zero-order valence-corrected chi connectivity index (χ0v) is 24.1. The van der Waals surface area contributed by atoms with Gasteiger partial charge in [0.1, 0.15) is 11.5 Å². The van der Waals surface area contributed by atoms with E-state index in [1.165, 1.54) is 42.7 Å². The highest BCUT2D eigenvalue weighted by molar-refractivity contribution is 14.1. The van der Waals surface area contributed by atoms with Crippen LogP contribution in [0, 0.1) is 3.57 Å². The van der Waals surface area contributed by atoms with Crippen molar-refractivity contribution >= 4 is 56.8 Å². The molecule has 0 unspecified atom stereocenters. The van der Waals surface area contributed by atoms with Crippen molar-refractivity contribution in [3.05, 3.63) is 141 Å². The molecule has 4 heteroatoms. The molecule has 0 radical (unpaired) electrons. The quantitative estimate of drug-likeness (QED) is 0.167. The Morgan fingerprint density at radius 3 is 2.62 bits per heavy atom. The lowest BCUT2D eigenvalue weighted by Gasteiger charge is -2.34. The van der Waals surface area contributed by atoms with E-state index in [1.807, 2.05) is 0 Å². The van der Waals surface area contributed by atoms with Crippen LogP contribution < -0.4 is 4.90 Å². The fourth-order valence-electron chi connectivity index (χ4n) is 6.29. The van der Waals surface area contributed by atoms with Gasteiger partial charge in [0.25, 0.3) is 0 Å². The SMILES string of the molecule is Ic1cccc(-c2cccc(N3C4=C=C(C=Cc5c4n(C4=CCCC=C4)c4ccccc54)C4=C3CCC=C4)n2)c1. The maximum atomic E-state index is 5.28. The average Bonchev–Trinajstić information content (AvgIpc) is 3.25. The summed E-state index contributed by atoms with van der Waals surface area (Å²) in [5.41, 5.74) is 15.6. The number of fused-ring (bicyclic) bond motifs is 5. The van der Waals surface area contributed by atoms with E-state index in [2.05, 4.69) is 147 Å². The molecule has 0 saturated carbocycles. The third-order valence-corrected chi connectivity index (χ3v) is 8.72. The van der Waals surface area contributed by atoms with Gasteiger partial charge in [0.15, 0.2) is 0 Å². The van der Waals surface area contributed by atoms with E-state index >= 15 is 0 Å². The molecule has 8 rings (SSSR count). The van der Waals surface area contributed by atoms with Crippen molar-refractivity contribution in [1.82, 2.24) is 9.55 Å². The summed E-state index contributed by atoms with van der Waals surface area (Å²) < 4.78 is 3.65. The summed E-state index contributed by atoms with van der Waals surface area (Å²) >= 11 is 2.37. The molecule has 40 heavy (non-hydrogen) atoms. The summed E-state index contributed by atoms with van der Waals surface area (Å²) in [7, 11) is 0. The van der Waals surface area contributed by atoms with Crippen LogP contribution in [0.5, 0.6) is 0 Å². The molecule has 4 aromatic rings. The molecule has 3 heterocycles. The highest BCUT2D eigenvalue weighted by atomic mass is 127. The smallest absolute Gasteiger partial charge is 0.138 e. The summed E-state index contributed by atoms with van der Waals surface area (Å²) in [6.45, 7) is 0. The van der Waals surface area contributed by atoms with Crippen molar-refractivity contribution < 1.29 is 0 Å². The fourth-order valence-corrected chi connectivity index (χ4v) is 6.83. The molecular weight excluding hydrogens is 601 g/mol. The Labute approximate surface area is 247 Å². The first-order valence-corrected chi connectivity index (χ1v) is 15.0. The van der Waals surface area contributed by atoms with Crippen molar-refractivity contribution in [3.63, 3.8) is 0 Å². The maximum Gasteiger partial charge on any atom is 0.138 e. The number of para-hydroxylation sites is 1. The summed E-state index contributed by atoms with van der Waals surface area (Å²) in [6.07, 6.45) is 20.1. The lowest BCUT2D eigenvalue weighted by atomic mass is 9.93. The number of hydrogen-bond donors (Lipinski definition) is 0. The van der Waals surface area contributed by atoms with E-state index in [-0.39, 0.29) is 0 Å². The Bertz CT molecular complexity index is 1950. The van der Waals surface area contributed by atoms with Gasteiger partial charge < -0.3 is 4.57 Å². The second kappa shape index (κ2) is 9.51. The first kappa shape index (κ1) is 23.7. The third kappa shape index (κ3) is 3.75. The van der Waals surface area contributed by atoms with Gasteiger partial charge >= 0.3 is 0 Å². The Hall–Kier alpha value is -4.12. The Morgan fingerprint density at radius 2 is 1.73 bits per heavy atom. The Balaban J connectivity index is 1.41. The highest BCUT2D eigenvalue weighted by Crippen LogP contribution is 2.46. The molecule has 2 aromatic carbocycles. The van der Waals surface area contributed by atoms with Crippen molar-refractivity contribution in [2.75, 3.05) is 4.90 Å². The van der Waals surface area contributed by atoms with Crippen LogP contribution in [-0.2, 0) is 0 Å². The number of benzene rings is 2. The monoisotopic (exact) mass is 627 g/mol. The predicted octanol–water partition coefficient (Wildman–Crippen LogP) is 9.52. The number of halogens is 1. The second-order valence-electron chi connectivity index (χ2n) is 10.5. The molecule has 0 amide bonds. The van der Waals surface area contributed by atoms with E-state index in [0.29, 0.717) is 0 Å². The first-order chi connectivity index (χ1) is 19.8. The van der Waals surface area contributed by atoms with Crippen molar-refractivity contribution in [2.45, 2.75) is 25.7 Å². The van der Waals surface area contributed by atoms with E-state index < -0.39 is 0 Å². The van der Waals surface area contributed by atoms with Crippen LogP contribution in [0.1, 0.15) is 36.9 Å². The normalized spacial score (nSPS) is 17.3. The van der Waals surface area contributed by atoms with Gasteiger partial charge in [-0.3, -0.25) is 4.90 Å². The molecule has 192 valence electrons. The molecule has 0 spiro atoms. The molecule has 2 aromatic heterocycles. The van der Waals surface area contributed by atoms with Gasteiger partial charge in [-0.25, -0.2) is 4.98 Å². The van der Waals surface area contributed by atoms with E-state index in [4.69, 9.17) is 4.98 Å². The zero-order valence-electron chi connectivity index (χ0n) is 21.9. The molecule has 0 saturated heterocycles. The summed E-state index contributed by atoms with van der Waals surface area (Å²) in [5, 5.41) is 1.25. The molecule has 0 N–H and O–H groups in total. The number of anilines is 1. The van der Waals surface area contributed by atoms with Gasteiger partial charge in [0.05, 0.1) is 16.9 Å². The van der Waals surface area contributed by atoms with E-state index in [1.54, 1.807) is 0 Å². The van der Waals surface area contributed by atoms with Crippen LogP contribution >= 0.6 is 22.6 Å². The van der Waals surface area contributed by atoms with Gasteiger partial charge in [0, 0.05) is 42.6 Å². The molecule has 3 nitrogen and oxygen atoms in total. The van der Waals surface area contributed by atoms with Gasteiger partial charge in [0.2, 0.25) is 0 Å².